The molecule has 0 spiro atoms. The number of hydrogen-bond donors (Lipinski definition) is 0. The Morgan fingerprint density at radius 2 is 1.95 bits per heavy atom. The molecule has 0 unspecified atom stereocenters. The summed E-state index contributed by atoms with van der Waals surface area (Å²) in [5.74, 6) is -0.361. The van der Waals surface area contributed by atoms with Gasteiger partial charge in [0.05, 0.1) is 15.8 Å². The Morgan fingerprint density at radius 3 is 2.59 bits per heavy atom. The molecule has 0 radical (unpaired) electrons. The van der Waals surface area contributed by atoms with Crippen LogP contribution in [0.4, 0.5) is 0 Å². The van der Waals surface area contributed by atoms with E-state index >= 15 is 0 Å². The van der Waals surface area contributed by atoms with E-state index in [0.717, 1.165) is 6.26 Å². The molecule has 0 bridgehead atoms. The van der Waals surface area contributed by atoms with Gasteiger partial charge in [-0.15, -0.1) is 0 Å². The van der Waals surface area contributed by atoms with Crippen molar-refractivity contribution in [1.82, 2.24) is 0 Å². The highest BCUT2D eigenvalue weighted by molar-refractivity contribution is 9.10. The lowest BCUT2D eigenvalue weighted by atomic mass is 10.1. The zero-order valence-corrected chi connectivity index (χ0v) is 14.7. The normalized spacial score (nSPS) is 11.2. The zero-order valence-electron chi connectivity index (χ0n) is 11.5. The highest BCUT2D eigenvalue weighted by atomic mass is 79.9. The van der Waals surface area contributed by atoms with Gasteiger partial charge in [-0.1, -0.05) is 23.7 Å². The molecule has 0 aliphatic rings. The molecule has 2 aromatic carbocycles. The van der Waals surface area contributed by atoms with E-state index in [1.54, 1.807) is 36.4 Å². The molecule has 4 nitrogen and oxygen atoms in total. The van der Waals surface area contributed by atoms with Crippen molar-refractivity contribution < 1.29 is 17.9 Å². The zero-order chi connectivity index (χ0) is 16.3. The lowest BCUT2D eigenvalue weighted by Gasteiger charge is -2.08. The molecular formula is C15H12BrClO4S. The number of ether oxygens (including phenoxy) is 1. The van der Waals surface area contributed by atoms with Crippen LogP contribution in [0.25, 0.3) is 0 Å². The average molecular weight is 404 g/mol. The number of halogens is 2. The summed E-state index contributed by atoms with van der Waals surface area (Å²) in [5.41, 5.74) is 0.815. The maximum absolute atomic E-state index is 12.1. The molecule has 0 saturated carbocycles. The second kappa shape index (κ2) is 6.81. The standard InChI is InChI=1S/C15H12BrClO4S/c1-22(19,20)9-10-3-2-4-11(7-10)15(18)21-14-6-5-12(17)8-13(14)16/h2-8H,9H2,1H3. The van der Waals surface area contributed by atoms with Crippen LogP contribution in [0.2, 0.25) is 5.02 Å². The molecule has 2 aromatic rings. The maximum Gasteiger partial charge on any atom is 0.343 e. The van der Waals surface area contributed by atoms with Crippen molar-refractivity contribution in [3.05, 3.63) is 63.1 Å². The highest BCUT2D eigenvalue weighted by Crippen LogP contribution is 2.28. The van der Waals surface area contributed by atoms with Crippen molar-refractivity contribution in [3.63, 3.8) is 0 Å². The van der Waals surface area contributed by atoms with Gasteiger partial charge in [-0.05, 0) is 51.8 Å². The number of sulfone groups is 1. The van der Waals surface area contributed by atoms with Gasteiger partial charge in [-0.2, -0.15) is 0 Å². The summed E-state index contributed by atoms with van der Waals surface area (Å²) in [4.78, 5) is 12.1. The Bertz CT molecular complexity index is 818. The molecule has 0 atom stereocenters. The van der Waals surface area contributed by atoms with Gasteiger partial charge in [0.1, 0.15) is 5.75 Å². The van der Waals surface area contributed by atoms with Gasteiger partial charge >= 0.3 is 5.97 Å². The van der Waals surface area contributed by atoms with E-state index in [9.17, 15) is 13.2 Å². The minimum absolute atomic E-state index is 0.126. The van der Waals surface area contributed by atoms with Crippen LogP contribution < -0.4 is 4.74 Å². The van der Waals surface area contributed by atoms with Crippen molar-refractivity contribution >= 4 is 43.3 Å². The van der Waals surface area contributed by atoms with Crippen molar-refractivity contribution in [2.45, 2.75) is 5.75 Å². The largest absolute Gasteiger partial charge is 0.422 e. The van der Waals surface area contributed by atoms with Crippen molar-refractivity contribution in [3.8, 4) is 5.75 Å². The van der Waals surface area contributed by atoms with E-state index in [1.807, 2.05) is 0 Å². The van der Waals surface area contributed by atoms with Crippen molar-refractivity contribution in [2.24, 2.45) is 0 Å². The van der Waals surface area contributed by atoms with Gasteiger partial charge in [0.15, 0.2) is 9.84 Å². The smallest absolute Gasteiger partial charge is 0.343 e. The third-order valence-electron chi connectivity index (χ3n) is 2.69. The first-order valence-corrected chi connectivity index (χ1v) is 9.42. The summed E-state index contributed by atoms with van der Waals surface area (Å²) in [6.07, 6.45) is 1.14. The second-order valence-corrected chi connectivity index (χ2v) is 8.17. The molecule has 0 aliphatic heterocycles. The summed E-state index contributed by atoms with van der Waals surface area (Å²) in [6.45, 7) is 0. The Balaban J connectivity index is 2.21. The summed E-state index contributed by atoms with van der Waals surface area (Å²) < 4.78 is 28.5. The average Bonchev–Trinajstić information content (AvgIpc) is 2.40. The fourth-order valence-electron chi connectivity index (χ4n) is 1.81. The number of hydrogen-bond acceptors (Lipinski definition) is 4. The van der Waals surface area contributed by atoms with Gasteiger partial charge in [0.25, 0.3) is 0 Å². The number of benzene rings is 2. The van der Waals surface area contributed by atoms with E-state index in [4.69, 9.17) is 16.3 Å². The first-order chi connectivity index (χ1) is 10.2. The molecular weight excluding hydrogens is 392 g/mol. The topological polar surface area (TPSA) is 60.4 Å². The number of esters is 1. The highest BCUT2D eigenvalue weighted by Gasteiger charge is 2.13. The first-order valence-electron chi connectivity index (χ1n) is 6.18. The lowest BCUT2D eigenvalue weighted by Crippen LogP contribution is -2.10. The SMILES string of the molecule is CS(=O)(=O)Cc1cccc(C(=O)Oc2ccc(Cl)cc2Br)c1. The predicted octanol–water partition coefficient (Wildman–Crippen LogP) is 3.87. The van der Waals surface area contributed by atoms with Gasteiger partial charge in [0.2, 0.25) is 0 Å². The van der Waals surface area contributed by atoms with E-state index in [0.29, 0.717) is 20.8 Å². The quantitative estimate of drug-likeness (QED) is 0.574. The van der Waals surface area contributed by atoms with Crippen LogP contribution in [0.1, 0.15) is 15.9 Å². The summed E-state index contributed by atoms with van der Waals surface area (Å²) in [5, 5.41) is 0.516. The van der Waals surface area contributed by atoms with E-state index in [2.05, 4.69) is 15.9 Å². The fourth-order valence-corrected chi connectivity index (χ4v) is 3.36. The molecule has 0 saturated heterocycles. The van der Waals surface area contributed by atoms with Gasteiger partial charge in [0, 0.05) is 11.3 Å². The Labute approximate surface area is 142 Å². The van der Waals surface area contributed by atoms with Crippen LogP contribution in [-0.2, 0) is 15.6 Å². The lowest BCUT2D eigenvalue weighted by molar-refractivity contribution is 0.0733. The minimum atomic E-state index is -3.16. The van der Waals surface area contributed by atoms with Crippen LogP contribution >= 0.6 is 27.5 Å². The van der Waals surface area contributed by atoms with Crippen LogP contribution in [0, 0.1) is 0 Å². The van der Waals surface area contributed by atoms with E-state index in [-0.39, 0.29) is 11.3 Å². The fraction of sp³-hybridized carbons (Fsp3) is 0.133. The Kier molecular flexibility index (Phi) is 5.26. The van der Waals surface area contributed by atoms with E-state index in [1.165, 1.54) is 6.07 Å². The predicted molar refractivity (Wildman–Crippen MR) is 89.1 cm³/mol. The number of rotatable bonds is 4. The molecule has 22 heavy (non-hydrogen) atoms. The molecule has 0 heterocycles. The molecule has 0 aliphatic carbocycles. The molecule has 0 N–H and O–H groups in total. The van der Waals surface area contributed by atoms with Gasteiger partial charge < -0.3 is 4.74 Å². The summed E-state index contributed by atoms with van der Waals surface area (Å²) >= 11 is 9.09. The Morgan fingerprint density at radius 1 is 1.23 bits per heavy atom. The number of carbonyl (C=O) groups excluding carboxylic acids is 1. The van der Waals surface area contributed by atoms with Crippen molar-refractivity contribution in [2.75, 3.05) is 6.26 Å². The van der Waals surface area contributed by atoms with Crippen LogP contribution in [-0.4, -0.2) is 20.6 Å². The second-order valence-electron chi connectivity index (χ2n) is 4.73. The third-order valence-corrected chi connectivity index (χ3v) is 4.40. The molecule has 7 heteroatoms. The van der Waals surface area contributed by atoms with Crippen molar-refractivity contribution in [1.29, 1.82) is 0 Å². The minimum Gasteiger partial charge on any atom is -0.422 e. The Hall–Kier alpha value is -1.37. The van der Waals surface area contributed by atoms with Gasteiger partial charge in [-0.3, -0.25) is 0 Å². The number of carbonyl (C=O) groups is 1. The van der Waals surface area contributed by atoms with Gasteiger partial charge in [-0.25, -0.2) is 13.2 Å². The summed E-state index contributed by atoms with van der Waals surface area (Å²) in [7, 11) is -3.16. The maximum atomic E-state index is 12.1. The molecule has 0 aromatic heterocycles. The third kappa shape index (κ3) is 4.83. The first kappa shape index (κ1) is 17.0. The molecule has 0 amide bonds. The monoisotopic (exact) mass is 402 g/mol. The van der Waals surface area contributed by atoms with E-state index < -0.39 is 15.8 Å². The molecule has 2 rings (SSSR count). The summed E-state index contributed by atoms with van der Waals surface area (Å²) in [6, 6.07) is 11.1. The van der Waals surface area contributed by atoms with Crippen LogP contribution in [0.3, 0.4) is 0 Å². The molecule has 0 fully saturated rings. The van der Waals surface area contributed by atoms with Crippen LogP contribution in [0.5, 0.6) is 5.75 Å². The van der Waals surface area contributed by atoms with Crippen LogP contribution in [0.15, 0.2) is 46.9 Å². The molecule has 116 valence electrons.